The van der Waals surface area contributed by atoms with Crippen LogP contribution in [0.5, 0.6) is 0 Å². The molecule has 2 rings (SSSR count). The number of aryl methyl sites for hydroxylation is 1. The lowest BCUT2D eigenvalue weighted by Crippen LogP contribution is -2.33. The van der Waals surface area contributed by atoms with E-state index in [1.54, 1.807) is 13.8 Å². The van der Waals surface area contributed by atoms with E-state index in [9.17, 15) is 9.59 Å². The van der Waals surface area contributed by atoms with Crippen LogP contribution in [-0.2, 0) is 14.3 Å². The largest absolute Gasteiger partial charge is 0.469 e. The number of aromatic nitrogens is 2. The van der Waals surface area contributed by atoms with Gasteiger partial charge in [-0.3, -0.25) is 4.79 Å². The predicted molar refractivity (Wildman–Crippen MR) is 88.7 cm³/mol. The van der Waals surface area contributed by atoms with Gasteiger partial charge in [-0.25, -0.2) is 14.8 Å². The lowest BCUT2D eigenvalue weighted by molar-refractivity contribution is -0.148. The Balaban J connectivity index is 2.11. The molecule has 1 N–H and O–H groups in total. The Hall–Kier alpha value is -2.18. The summed E-state index contributed by atoms with van der Waals surface area (Å²) < 4.78 is 9.96. The summed E-state index contributed by atoms with van der Waals surface area (Å²) in [6.45, 7) is 4.36. The van der Waals surface area contributed by atoms with Gasteiger partial charge in [0.2, 0.25) is 0 Å². The maximum atomic E-state index is 12.0. The maximum Gasteiger partial charge on any atom is 0.343 e. The van der Waals surface area contributed by atoms with Crippen LogP contribution >= 0.6 is 0 Å². The number of hydrogen-bond donors (Lipinski definition) is 1. The molecule has 132 valence electrons. The van der Waals surface area contributed by atoms with Crippen LogP contribution in [0.15, 0.2) is 6.20 Å². The van der Waals surface area contributed by atoms with Gasteiger partial charge in [-0.2, -0.15) is 0 Å². The summed E-state index contributed by atoms with van der Waals surface area (Å²) in [6.07, 6.45) is 5.39. The number of hydrogen-bond acceptors (Lipinski definition) is 7. The third-order valence-electron chi connectivity index (χ3n) is 4.35. The molecule has 1 heterocycles. The van der Waals surface area contributed by atoms with Gasteiger partial charge in [-0.1, -0.05) is 12.8 Å². The minimum Gasteiger partial charge on any atom is -0.469 e. The molecule has 0 saturated heterocycles. The van der Waals surface area contributed by atoms with Gasteiger partial charge in [0.05, 0.1) is 19.6 Å². The molecule has 0 spiro atoms. The number of rotatable bonds is 6. The van der Waals surface area contributed by atoms with Crippen LogP contribution in [-0.4, -0.2) is 42.2 Å². The average molecular weight is 335 g/mol. The van der Waals surface area contributed by atoms with Crippen LogP contribution in [0, 0.1) is 18.8 Å². The number of carbonyl (C=O) groups excluding carboxylic acids is 2. The highest BCUT2D eigenvalue weighted by atomic mass is 16.5. The van der Waals surface area contributed by atoms with Crippen LogP contribution in [0.4, 0.5) is 5.82 Å². The molecular formula is C17H25N3O4. The summed E-state index contributed by atoms with van der Waals surface area (Å²) in [5.41, 5.74) is 0.313. The molecule has 0 aromatic carbocycles. The molecule has 7 heteroatoms. The number of nitrogens with zero attached hydrogens (tertiary/aromatic N) is 2. The molecule has 1 fully saturated rings. The highest BCUT2D eigenvalue weighted by Crippen LogP contribution is 2.31. The van der Waals surface area contributed by atoms with E-state index in [0.717, 1.165) is 25.7 Å². The number of esters is 2. The number of anilines is 1. The first kappa shape index (κ1) is 18.2. The van der Waals surface area contributed by atoms with Crippen molar-refractivity contribution in [2.24, 2.45) is 11.8 Å². The summed E-state index contributed by atoms with van der Waals surface area (Å²) >= 11 is 0. The predicted octanol–water partition coefficient (Wildman–Crippen LogP) is 2.35. The highest BCUT2D eigenvalue weighted by molar-refractivity contribution is 5.94. The number of carbonyl (C=O) groups is 2. The fraction of sp³-hybridized carbons (Fsp3) is 0.647. The zero-order chi connectivity index (χ0) is 17.5. The Morgan fingerprint density at radius 3 is 2.79 bits per heavy atom. The van der Waals surface area contributed by atoms with Gasteiger partial charge in [-0.05, 0) is 32.6 Å². The van der Waals surface area contributed by atoms with Crippen molar-refractivity contribution < 1.29 is 19.1 Å². The molecule has 24 heavy (non-hydrogen) atoms. The number of nitrogens with one attached hydrogen (secondary N) is 1. The van der Waals surface area contributed by atoms with Gasteiger partial charge in [0, 0.05) is 12.7 Å². The normalized spacial score (nSPS) is 20.3. The van der Waals surface area contributed by atoms with Crippen molar-refractivity contribution in [3.63, 3.8) is 0 Å². The molecule has 1 aromatic heterocycles. The molecule has 2 unspecified atom stereocenters. The van der Waals surface area contributed by atoms with Gasteiger partial charge in [-0.15, -0.1) is 0 Å². The van der Waals surface area contributed by atoms with Crippen molar-refractivity contribution in [3.05, 3.63) is 17.6 Å². The van der Waals surface area contributed by atoms with Crippen molar-refractivity contribution in [2.75, 3.05) is 25.6 Å². The molecule has 1 aliphatic rings. The van der Waals surface area contributed by atoms with Gasteiger partial charge in [0.1, 0.15) is 17.2 Å². The van der Waals surface area contributed by atoms with Crippen molar-refractivity contribution >= 4 is 17.8 Å². The van der Waals surface area contributed by atoms with E-state index in [0.29, 0.717) is 30.4 Å². The first-order valence-corrected chi connectivity index (χ1v) is 8.39. The third-order valence-corrected chi connectivity index (χ3v) is 4.35. The highest BCUT2D eigenvalue weighted by Gasteiger charge is 2.31. The van der Waals surface area contributed by atoms with Crippen molar-refractivity contribution in [1.29, 1.82) is 0 Å². The molecule has 1 aromatic rings. The standard InChI is InChI=1S/C17H25N3O4/c1-4-24-17(22)14-10-18-11(2)20-15(14)19-9-12-7-5-6-8-13(12)16(21)23-3/h10,12-13H,4-9H2,1-3H3,(H,18,19,20). The van der Waals surface area contributed by atoms with Crippen molar-refractivity contribution in [1.82, 2.24) is 9.97 Å². The molecular weight excluding hydrogens is 310 g/mol. The van der Waals surface area contributed by atoms with Crippen LogP contribution < -0.4 is 5.32 Å². The molecule has 1 saturated carbocycles. The Labute approximate surface area is 142 Å². The van der Waals surface area contributed by atoms with Crippen LogP contribution in [0.1, 0.15) is 48.8 Å². The lowest BCUT2D eigenvalue weighted by atomic mass is 9.79. The zero-order valence-electron chi connectivity index (χ0n) is 14.5. The second-order valence-electron chi connectivity index (χ2n) is 5.96. The smallest absolute Gasteiger partial charge is 0.343 e. The fourth-order valence-electron chi connectivity index (χ4n) is 3.10. The SMILES string of the molecule is CCOC(=O)c1cnc(C)nc1NCC1CCCCC1C(=O)OC. The second-order valence-corrected chi connectivity index (χ2v) is 5.96. The van der Waals surface area contributed by atoms with Crippen LogP contribution in [0.2, 0.25) is 0 Å². The summed E-state index contributed by atoms with van der Waals surface area (Å²) in [5, 5.41) is 3.21. The van der Waals surface area contributed by atoms with E-state index in [2.05, 4.69) is 15.3 Å². The van der Waals surface area contributed by atoms with Gasteiger partial charge in [0.15, 0.2) is 0 Å². The van der Waals surface area contributed by atoms with E-state index in [1.165, 1.54) is 13.3 Å². The molecule has 2 atom stereocenters. The zero-order valence-corrected chi connectivity index (χ0v) is 14.5. The minimum absolute atomic E-state index is 0.106. The van der Waals surface area contributed by atoms with Gasteiger partial charge < -0.3 is 14.8 Å². The monoisotopic (exact) mass is 335 g/mol. The number of methoxy groups -OCH3 is 1. The maximum absolute atomic E-state index is 12.0. The molecule has 7 nitrogen and oxygen atoms in total. The molecule has 0 bridgehead atoms. The Kier molecular flexibility index (Phi) is 6.52. The molecule has 0 radical (unpaired) electrons. The van der Waals surface area contributed by atoms with E-state index in [-0.39, 0.29) is 17.8 Å². The fourth-order valence-corrected chi connectivity index (χ4v) is 3.10. The summed E-state index contributed by atoms with van der Waals surface area (Å²) in [6, 6.07) is 0. The lowest BCUT2D eigenvalue weighted by Gasteiger charge is -2.29. The Bertz CT molecular complexity index is 591. The first-order valence-electron chi connectivity index (χ1n) is 8.39. The van der Waals surface area contributed by atoms with Gasteiger partial charge in [0.25, 0.3) is 0 Å². The second kappa shape index (κ2) is 8.61. The summed E-state index contributed by atoms with van der Waals surface area (Å²) in [5.74, 6) is 0.467. The van der Waals surface area contributed by atoms with Crippen molar-refractivity contribution in [2.45, 2.75) is 39.5 Å². The third kappa shape index (κ3) is 4.43. The summed E-state index contributed by atoms with van der Waals surface area (Å²) in [4.78, 5) is 32.4. The Morgan fingerprint density at radius 1 is 1.33 bits per heavy atom. The molecule has 0 amide bonds. The number of ether oxygens (including phenoxy) is 2. The van der Waals surface area contributed by atoms with Crippen molar-refractivity contribution in [3.8, 4) is 0 Å². The Morgan fingerprint density at radius 2 is 2.08 bits per heavy atom. The topological polar surface area (TPSA) is 90.4 Å². The molecule has 1 aliphatic carbocycles. The van der Waals surface area contributed by atoms with Crippen LogP contribution in [0.25, 0.3) is 0 Å². The molecule has 0 aliphatic heterocycles. The van der Waals surface area contributed by atoms with E-state index < -0.39 is 5.97 Å². The van der Waals surface area contributed by atoms with E-state index >= 15 is 0 Å². The quantitative estimate of drug-likeness (QED) is 0.798. The van der Waals surface area contributed by atoms with Gasteiger partial charge >= 0.3 is 11.9 Å². The van der Waals surface area contributed by atoms with E-state index in [4.69, 9.17) is 9.47 Å². The minimum atomic E-state index is -0.451. The van der Waals surface area contributed by atoms with Crippen LogP contribution in [0.3, 0.4) is 0 Å². The van der Waals surface area contributed by atoms with E-state index in [1.807, 2.05) is 0 Å². The first-order chi connectivity index (χ1) is 11.6. The summed E-state index contributed by atoms with van der Waals surface area (Å²) in [7, 11) is 1.42. The average Bonchev–Trinajstić information content (AvgIpc) is 2.59.